The molecular weight excluding hydrogens is 328 g/mol. The number of alkyl carbamates (subject to hydrolysis) is 1. The Balaban J connectivity index is 1.63. The number of nitrogens with one attached hydrogen (secondary N) is 2. The molecule has 0 fully saturated rings. The van der Waals surface area contributed by atoms with Gasteiger partial charge in [0.15, 0.2) is 0 Å². The molecule has 2 aromatic rings. The van der Waals surface area contributed by atoms with Gasteiger partial charge in [-0.05, 0) is 69.0 Å². The summed E-state index contributed by atoms with van der Waals surface area (Å²) in [5, 5.41) is 5.80. The Labute approximate surface area is 153 Å². The predicted octanol–water partition coefficient (Wildman–Crippen LogP) is 3.93. The van der Waals surface area contributed by atoms with E-state index in [9.17, 15) is 9.59 Å². The highest BCUT2D eigenvalue weighted by molar-refractivity contribution is 6.04. The van der Waals surface area contributed by atoms with Gasteiger partial charge in [0.05, 0.1) is 0 Å². The molecule has 3 rings (SSSR count). The van der Waals surface area contributed by atoms with Crippen molar-refractivity contribution in [3.05, 3.63) is 65.2 Å². The predicted molar refractivity (Wildman–Crippen MR) is 101 cm³/mol. The zero-order chi connectivity index (χ0) is 18.7. The number of fused-ring (bicyclic) bond motifs is 1. The van der Waals surface area contributed by atoms with Crippen molar-refractivity contribution >= 4 is 17.7 Å². The normalized spacial score (nSPS) is 15.9. The van der Waals surface area contributed by atoms with Gasteiger partial charge < -0.3 is 15.4 Å². The number of hydrogen-bond donors (Lipinski definition) is 2. The summed E-state index contributed by atoms with van der Waals surface area (Å²) in [5.41, 5.74) is 3.11. The van der Waals surface area contributed by atoms with Crippen molar-refractivity contribution in [3.63, 3.8) is 0 Å². The van der Waals surface area contributed by atoms with Crippen LogP contribution in [0.4, 0.5) is 10.5 Å². The molecule has 1 atom stereocenters. The van der Waals surface area contributed by atoms with Gasteiger partial charge in [0, 0.05) is 17.3 Å². The molecular formula is C21H24N2O3. The van der Waals surface area contributed by atoms with Gasteiger partial charge in [0.25, 0.3) is 5.91 Å². The molecule has 26 heavy (non-hydrogen) atoms. The maximum Gasteiger partial charge on any atom is 0.407 e. The molecule has 0 aromatic heterocycles. The summed E-state index contributed by atoms with van der Waals surface area (Å²) in [6.07, 6.45) is 1.04. The molecule has 0 saturated heterocycles. The second kappa shape index (κ2) is 7.20. The fourth-order valence-corrected chi connectivity index (χ4v) is 3.06. The SMILES string of the molecule is CC(C)(C)OC(=O)NC1Cc2ccc(C(=O)Nc3ccccc3)cc2C1. The van der Waals surface area contributed by atoms with E-state index in [4.69, 9.17) is 4.74 Å². The minimum Gasteiger partial charge on any atom is -0.444 e. The first-order valence-electron chi connectivity index (χ1n) is 8.78. The lowest BCUT2D eigenvalue weighted by atomic mass is 10.1. The molecule has 2 aromatic carbocycles. The number of rotatable bonds is 3. The molecule has 0 bridgehead atoms. The van der Waals surface area contributed by atoms with Crippen LogP contribution in [0.5, 0.6) is 0 Å². The molecule has 0 aliphatic heterocycles. The van der Waals surface area contributed by atoms with Gasteiger partial charge >= 0.3 is 6.09 Å². The van der Waals surface area contributed by atoms with Crippen molar-refractivity contribution in [2.45, 2.75) is 45.3 Å². The highest BCUT2D eigenvalue weighted by Gasteiger charge is 2.26. The Bertz CT molecular complexity index is 810. The number of ether oxygens (including phenoxy) is 1. The van der Waals surface area contributed by atoms with Gasteiger partial charge in [-0.2, -0.15) is 0 Å². The van der Waals surface area contributed by atoms with Crippen molar-refractivity contribution < 1.29 is 14.3 Å². The molecule has 0 spiro atoms. The number of carbonyl (C=O) groups is 2. The number of anilines is 1. The Morgan fingerprint density at radius 1 is 1.00 bits per heavy atom. The summed E-state index contributed by atoms with van der Waals surface area (Å²) in [6.45, 7) is 5.52. The first-order valence-corrected chi connectivity index (χ1v) is 8.78. The van der Waals surface area contributed by atoms with Crippen LogP contribution in [0.25, 0.3) is 0 Å². The average molecular weight is 352 g/mol. The average Bonchev–Trinajstić information content (AvgIpc) is 2.94. The van der Waals surface area contributed by atoms with Crippen LogP contribution in [-0.4, -0.2) is 23.6 Å². The zero-order valence-corrected chi connectivity index (χ0v) is 15.3. The van der Waals surface area contributed by atoms with E-state index in [1.807, 2.05) is 69.3 Å². The summed E-state index contributed by atoms with van der Waals surface area (Å²) >= 11 is 0. The quantitative estimate of drug-likeness (QED) is 0.879. The molecule has 2 amide bonds. The topological polar surface area (TPSA) is 67.4 Å². The smallest absolute Gasteiger partial charge is 0.407 e. The lowest BCUT2D eigenvalue weighted by Gasteiger charge is -2.21. The Hall–Kier alpha value is -2.82. The van der Waals surface area contributed by atoms with E-state index in [1.165, 1.54) is 0 Å². The third-order valence-electron chi connectivity index (χ3n) is 4.15. The van der Waals surface area contributed by atoms with Crippen LogP contribution in [0, 0.1) is 0 Å². The van der Waals surface area contributed by atoms with E-state index in [0.717, 1.165) is 23.2 Å². The van der Waals surface area contributed by atoms with Crippen LogP contribution in [0.15, 0.2) is 48.5 Å². The molecule has 0 heterocycles. The standard InChI is InChI=1S/C21H24N2O3/c1-21(2,3)26-20(25)23-18-12-14-9-10-15(11-16(14)13-18)19(24)22-17-7-5-4-6-8-17/h4-11,18H,12-13H2,1-3H3,(H,22,24)(H,23,25). The molecule has 0 saturated carbocycles. The van der Waals surface area contributed by atoms with Crippen molar-refractivity contribution in [1.29, 1.82) is 0 Å². The van der Waals surface area contributed by atoms with Gasteiger partial charge in [-0.25, -0.2) is 4.79 Å². The molecule has 5 nitrogen and oxygen atoms in total. The van der Waals surface area contributed by atoms with Gasteiger partial charge in [0.1, 0.15) is 5.60 Å². The number of carbonyl (C=O) groups excluding carboxylic acids is 2. The minimum absolute atomic E-state index is 0.00714. The van der Waals surface area contributed by atoms with E-state index in [1.54, 1.807) is 0 Å². The van der Waals surface area contributed by atoms with Crippen LogP contribution in [0.3, 0.4) is 0 Å². The van der Waals surface area contributed by atoms with Gasteiger partial charge in [0.2, 0.25) is 0 Å². The van der Waals surface area contributed by atoms with E-state index in [0.29, 0.717) is 12.0 Å². The van der Waals surface area contributed by atoms with Crippen LogP contribution < -0.4 is 10.6 Å². The molecule has 1 aliphatic carbocycles. The molecule has 2 N–H and O–H groups in total. The van der Waals surface area contributed by atoms with E-state index in [2.05, 4.69) is 10.6 Å². The Morgan fingerprint density at radius 3 is 2.38 bits per heavy atom. The maximum absolute atomic E-state index is 12.4. The third kappa shape index (κ3) is 4.63. The van der Waals surface area contributed by atoms with Crippen LogP contribution in [0.1, 0.15) is 42.3 Å². The van der Waals surface area contributed by atoms with Crippen molar-refractivity contribution in [1.82, 2.24) is 5.32 Å². The van der Waals surface area contributed by atoms with Crippen molar-refractivity contribution in [2.24, 2.45) is 0 Å². The highest BCUT2D eigenvalue weighted by Crippen LogP contribution is 2.24. The van der Waals surface area contributed by atoms with Crippen molar-refractivity contribution in [2.75, 3.05) is 5.32 Å². The lowest BCUT2D eigenvalue weighted by Crippen LogP contribution is -2.39. The summed E-state index contributed by atoms with van der Waals surface area (Å²) in [4.78, 5) is 24.4. The largest absolute Gasteiger partial charge is 0.444 e. The number of benzene rings is 2. The van der Waals surface area contributed by atoms with E-state index >= 15 is 0 Å². The summed E-state index contributed by atoms with van der Waals surface area (Å²) < 4.78 is 5.31. The monoisotopic (exact) mass is 352 g/mol. The summed E-state index contributed by atoms with van der Waals surface area (Å²) in [5.74, 6) is -0.137. The van der Waals surface area contributed by atoms with Gasteiger partial charge in [-0.1, -0.05) is 24.3 Å². The number of para-hydroxylation sites is 1. The lowest BCUT2D eigenvalue weighted by molar-refractivity contribution is 0.0506. The first-order chi connectivity index (χ1) is 12.3. The third-order valence-corrected chi connectivity index (χ3v) is 4.15. The van der Waals surface area contributed by atoms with Crippen LogP contribution >= 0.6 is 0 Å². The van der Waals surface area contributed by atoms with Crippen LogP contribution in [0.2, 0.25) is 0 Å². The molecule has 1 aliphatic rings. The second-order valence-electron chi connectivity index (χ2n) is 7.56. The minimum atomic E-state index is -0.516. The second-order valence-corrected chi connectivity index (χ2v) is 7.56. The number of amides is 2. The van der Waals surface area contributed by atoms with Gasteiger partial charge in [-0.3, -0.25) is 4.79 Å². The fourth-order valence-electron chi connectivity index (χ4n) is 3.06. The Morgan fingerprint density at radius 2 is 1.69 bits per heavy atom. The summed E-state index contributed by atoms with van der Waals surface area (Å²) in [6, 6.07) is 15.1. The van der Waals surface area contributed by atoms with Gasteiger partial charge in [-0.15, -0.1) is 0 Å². The molecule has 5 heteroatoms. The van der Waals surface area contributed by atoms with E-state index < -0.39 is 11.7 Å². The fraction of sp³-hybridized carbons (Fsp3) is 0.333. The highest BCUT2D eigenvalue weighted by atomic mass is 16.6. The molecule has 0 radical (unpaired) electrons. The molecule has 136 valence electrons. The van der Waals surface area contributed by atoms with Crippen molar-refractivity contribution in [3.8, 4) is 0 Å². The number of hydrogen-bond acceptors (Lipinski definition) is 3. The van der Waals surface area contributed by atoms with Crippen LogP contribution in [-0.2, 0) is 17.6 Å². The van der Waals surface area contributed by atoms with E-state index in [-0.39, 0.29) is 11.9 Å². The Kier molecular flexibility index (Phi) is 4.98. The maximum atomic E-state index is 12.4. The summed E-state index contributed by atoms with van der Waals surface area (Å²) in [7, 11) is 0. The molecule has 1 unspecified atom stereocenters. The first kappa shape index (κ1) is 18.0. The zero-order valence-electron chi connectivity index (χ0n) is 15.3.